The molecule has 1 N–H and O–H groups in total. The van der Waals surface area contributed by atoms with E-state index in [1.54, 1.807) is 0 Å². The molecular formula is C9H7F2IO2. The molecule has 0 spiro atoms. The lowest BCUT2D eigenvalue weighted by atomic mass is 10.1. The Morgan fingerprint density at radius 2 is 1.93 bits per heavy atom. The van der Waals surface area contributed by atoms with Gasteiger partial charge in [-0.05, 0) is 46.7 Å². The Kier molecular flexibility index (Phi) is 3.79. The second kappa shape index (κ2) is 4.68. The molecule has 1 aromatic rings. The number of carboxylic acids is 1. The topological polar surface area (TPSA) is 37.3 Å². The van der Waals surface area contributed by atoms with Crippen LogP contribution in [0.5, 0.6) is 0 Å². The van der Waals surface area contributed by atoms with Crippen LogP contribution >= 0.6 is 22.6 Å². The van der Waals surface area contributed by atoms with Crippen molar-refractivity contribution in [1.29, 1.82) is 0 Å². The Balaban J connectivity index is 2.87. The summed E-state index contributed by atoms with van der Waals surface area (Å²) in [7, 11) is 0. The van der Waals surface area contributed by atoms with E-state index in [0.29, 0.717) is 9.13 Å². The van der Waals surface area contributed by atoms with Crippen molar-refractivity contribution in [1.82, 2.24) is 0 Å². The van der Waals surface area contributed by atoms with Gasteiger partial charge in [0.2, 0.25) is 0 Å². The molecule has 0 saturated heterocycles. The summed E-state index contributed by atoms with van der Waals surface area (Å²) in [5.41, 5.74) is 0.520. The van der Waals surface area contributed by atoms with Crippen molar-refractivity contribution in [3.05, 3.63) is 32.9 Å². The van der Waals surface area contributed by atoms with Crippen LogP contribution in [-0.4, -0.2) is 11.1 Å². The van der Waals surface area contributed by atoms with Crippen molar-refractivity contribution in [2.45, 2.75) is 12.8 Å². The molecule has 0 radical (unpaired) electrons. The molecule has 0 amide bonds. The first-order chi connectivity index (χ1) is 6.50. The number of carboxylic acid groups (broad SMARTS) is 1. The third-order valence-electron chi connectivity index (χ3n) is 1.70. The van der Waals surface area contributed by atoms with Crippen molar-refractivity contribution in [2.75, 3.05) is 0 Å². The molecule has 0 aromatic heterocycles. The fourth-order valence-electron chi connectivity index (χ4n) is 0.997. The van der Waals surface area contributed by atoms with E-state index < -0.39 is 17.6 Å². The Morgan fingerprint density at radius 3 is 2.50 bits per heavy atom. The molecule has 1 rings (SSSR count). The molecule has 0 unspecified atom stereocenters. The highest BCUT2D eigenvalue weighted by atomic mass is 127. The summed E-state index contributed by atoms with van der Waals surface area (Å²) in [6.45, 7) is 0. The van der Waals surface area contributed by atoms with Gasteiger partial charge >= 0.3 is 5.97 Å². The fraction of sp³-hybridized carbons (Fsp3) is 0.222. The summed E-state index contributed by atoms with van der Waals surface area (Å²) in [6.07, 6.45) is 0.131. The summed E-state index contributed by atoms with van der Waals surface area (Å²) < 4.78 is 26.0. The van der Waals surface area contributed by atoms with Crippen LogP contribution in [0.15, 0.2) is 12.1 Å². The van der Waals surface area contributed by atoms with Gasteiger partial charge in [0, 0.05) is 9.99 Å². The Bertz CT molecular complexity index is 366. The van der Waals surface area contributed by atoms with E-state index in [2.05, 4.69) is 0 Å². The highest BCUT2D eigenvalue weighted by Gasteiger charge is 2.08. The lowest BCUT2D eigenvalue weighted by Crippen LogP contribution is -2.00. The lowest BCUT2D eigenvalue weighted by Gasteiger charge is -2.03. The average Bonchev–Trinajstić information content (AvgIpc) is 2.09. The van der Waals surface area contributed by atoms with E-state index in [0.717, 1.165) is 12.1 Å². The van der Waals surface area contributed by atoms with E-state index in [4.69, 9.17) is 5.11 Å². The molecule has 0 aliphatic carbocycles. The molecule has 0 aliphatic rings. The minimum absolute atomic E-state index is 0.0823. The van der Waals surface area contributed by atoms with E-state index >= 15 is 0 Å². The van der Waals surface area contributed by atoms with Gasteiger partial charge in [-0.2, -0.15) is 0 Å². The highest BCUT2D eigenvalue weighted by molar-refractivity contribution is 14.1. The van der Waals surface area contributed by atoms with Crippen molar-refractivity contribution in [3.8, 4) is 0 Å². The summed E-state index contributed by atoms with van der Waals surface area (Å²) >= 11 is 1.85. The van der Waals surface area contributed by atoms with Gasteiger partial charge in [-0.1, -0.05) is 0 Å². The number of halogens is 3. The van der Waals surface area contributed by atoms with Gasteiger partial charge in [0.15, 0.2) is 11.6 Å². The first-order valence-electron chi connectivity index (χ1n) is 3.86. The Labute approximate surface area is 93.1 Å². The molecule has 0 aliphatic heterocycles. The quantitative estimate of drug-likeness (QED) is 0.688. The molecule has 2 nitrogen and oxygen atoms in total. The van der Waals surface area contributed by atoms with Crippen LogP contribution < -0.4 is 0 Å². The zero-order chi connectivity index (χ0) is 10.7. The number of aliphatic carboxylic acids is 1. The first kappa shape index (κ1) is 11.4. The number of hydrogen-bond donors (Lipinski definition) is 1. The highest BCUT2D eigenvalue weighted by Crippen LogP contribution is 2.18. The molecule has 1 aromatic carbocycles. The average molecular weight is 312 g/mol. The molecule has 5 heteroatoms. The molecule has 0 fully saturated rings. The SMILES string of the molecule is O=C(O)CCc1cc(F)c(F)cc1I. The van der Waals surface area contributed by atoms with Crippen molar-refractivity contribution in [3.63, 3.8) is 0 Å². The lowest BCUT2D eigenvalue weighted by molar-refractivity contribution is -0.136. The van der Waals surface area contributed by atoms with Crippen LogP contribution in [0, 0.1) is 15.2 Å². The van der Waals surface area contributed by atoms with Crippen LogP contribution in [0.4, 0.5) is 8.78 Å². The zero-order valence-corrected chi connectivity index (χ0v) is 9.22. The maximum absolute atomic E-state index is 12.8. The van der Waals surface area contributed by atoms with E-state index in [9.17, 15) is 13.6 Å². The molecule has 0 saturated carbocycles. The molecule has 0 atom stereocenters. The van der Waals surface area contributed by atoms with Crippen LogP contribution in [0.2, 0.25) is 0 Å². The monoisotopic (exact) mass is 312 g/mol. The molecule has 14 heavy (non-hydrogen) atoms. The van der Waals surface area contributed by atoms with Gasteiger partial charge < -0.3 is 5.11 Å². The maximum Gasteiger partial charge on any atom is 0.303 e. The minimum Gasteiger partial charge on any atom is -0.481 e. The van der Waals surface area contributed by atoms with E-state index in [1.165, 1.54) is 0 Å². The van der Waals surface area contributed by atoms with E-state index in [-0.39, 0.29) is 12.8 Å². The molecular weight excluding hydrogens is 305 g/mol. The third kappa shape index (κ3) is 2.90. The zero-order valence-electron chi connectivity index (χ0n) is 7.06. The van der Waals surface area contributed by atoms with Crippen molar-refractivity contribution in [2.24, 2.45) is 0 Å². The Morgan fingerprint density at radius 1 is 1.36 bits per heavy atom. The summed E-state index contributed by atoms with van der Waals surface area (Å²) in [5, 5.41) is 8.42. The van der Waals surface area contributed by atoms with Crippen molar-refractivity contribution < 1.29 is 18.7 Å². The minimum atomic E-state index is -0.953. The van der Waals surface area contributed by atoms with Crippen LogP contribution in [0.3, 0.4) is 0 Å². The second-order valence-corrected chi connectivity index (χ2v) is 3.91. The van der Waals surface area contributed by atoms with Gasteiger partial charge in [0.25, 0.3) is 0 Å². The normalized spacial score (nSPS) is 10.2. The maximum atomic E-state index is 12.8. The van der Waals surface area contributed by atoms with Gasteiger partial charge in [-0.15, -0.1) is 0 Å². The third-order valence-corrected chi connectivity index (χ3v) is 2.70. The number of aryl methyl sites for hydroxylation is 1. The summed E-state index contributed by atoms with van der Waals surface area (Å²) in [5.74, 6) is -2.80. The van der Waals surface area contributed by atoms with Crippen molar-refractivity contribution >= 4 is 28.6 Å². The van der Waals surface area contributed by atoms with E-state index in [1.807, 2.05) is 22.6 Å². The first-order valence-corrected chi connectivity index (χ1v) is 4.94. The predicted octanol–water partition coefficient (Wildman–Crippen LogP) is 2.59. The standard InChI is InChI=1S/C9H7F2IO2/c10-6-3-5(1-2-9(13)14)8(12)4-7(6)11/h3-4H,1-2H2,(H,13,14). The van der Waals surface area contributed by atoms with Crippen LogP contribution in [0.25, 0.3) is 0 Å². The fourth-order valence-corrected chi connectivity index (χ4v) is 1.70. The number of hydrogen-bond acceptors (Lipinski definition) is 1. The van der Waals surface area contributed by atoms with Crippen LogP contribution in [-0.2, 0) is 11.2 Å². The largest absolute Gasteiger partial charge is 0.481 e. The second-order valence-electron chi connectivity index (χ2n) is 2.75. The van der Waals surface area contributed by atoms with Gasteiger partial charge in [-0.25, -0.2) is 8.78 Å². The molecule has 0 heterocycles. The van der Waals surface area contributed by atoms with Gasteiger partial charge in [-0.3, -0.25) is 4.79 Å². The predicted molar refractivity (Wildman–Crippen MR) is 55.0 cm³/mol. The number of rotatable bonds is 3. The van der Waals surface area contributed by atoms with Gasteiger partial charge in [0.1, 0.15) is 0 Å². The Hall–Kier alpha value is -0.720. The summed E-state index contributed by atoms with van der Waals surface area (Å²) in [6, 6.07) is 2.10. The molecule has 0 bridgehead atoms. The van der Waals surface area contributed by atoms with Gasteiger partial charge in [0.05, 0.1) is 0 Å². The molecule has 76 valence electrons. The summed E-state index contributed by atoms with van der Waals surface area (Å²) in [4.78, 5) is 10.3. The number of benzene rings is 1. The number of carbonyl (C=O) groups is 1. The van der Waals surface area contributed by atoms with Crippen LogP contribution in [0.1, 0.15) is 12.0 Å². The smallest absolute Gasteiger partial charge is 0.303 e.